The highest BCUT2D eigenvalue weighted by atomic mass is 31.2. The number of aryl methyl sites for hydroxylation is 1. The van der Waals surface area contributed by atoms with Crippen molar-refractivity contribution in [1.82, 2.24) is 0 Å². The van der Waals surface area contributed by atoms with Gasteiger partial charge in [-0.1, -0.05) is 66.9 Å². The zero-order valence-corrected chi connectivity index (χ0v) is 25.4. The van der Waals surface area contributed by atoms with E-state index in [9.17, 15) is 22.1 Å². The maximum atomic E-state index is 14.0. The van der Waals surface area contributed by atoms with Crippen LogP contribution in [0.4, 0.5) is 17.6 Å². The normalized spacial score (nSPS) is 18.7. The Bertz CT molecular complexity index is 996. The SMILES string of the molecule is CC1=NC(CCc2ccc(OCCCCCCCF)c(C(F)(F)F)c2)(COP(=O)(C(C)(C)C)C(C)(C)C)CO1. The smallest absolute Gasteiger partial charge is 0.419 e. The van der Waals surface area contributed by atoms with Crippen molar-refractivity contribution >= 4 is 13.3 Å². The minimum atomic E-state index is -4.56. The van der Waals surface area contributed by atoms with Gasteiger partial charge < -0.3 is 14.0 Å². The van der Waals surface area contributed by atoms with Gasteiger partial charge >= 0.3 is 6.18 Å². The van der Waals surface area contributed by atoms with Gasteiger partial charge in [0.25, 0.3) is 0 Å². The highest BCUT2D eigenvalue weighted by molar-refractivity contribution is 7.62. The summed E-state index contributed by atoms with van der Waals surface area (Å²) in [4.78, 5) is 4.65. The molecule has 5 nitrogen and oxygen atoms in total. The molecule has 39 heavy (non-hydrogen) atoms. The van der Waals surface area contributed by atoms with Crippen LogP contribution in [0.1, 0.15) is 98.1 Å². The molecule has 1 unspecified atom stereocenters. The molecule has 0 N–H and O–H groups in total. The van der Waals surface area contributed by atoms with Crippen molar-refractivity contribution in [2.24, 2.45) is 4.99 Å². The summed E-state index contributed by atoms with van der Waals surface area (Å²) in [6.45, 7) is 13.2. The van der Waals surface area contributed by atoms with Gasteiger partial charge in [-0.25, -0.2) is 4.99 Å². The number of ether oxygens (including phenoxy) is 2. The van der Waals surface area contributed by atoms with Crippen LogP contribution in [0.2, 0.25) is 0 Å². The molecule has 0 aromatic heterocycles. The van der Waals surface area contributed by atoms with E-state index < -0.39 is 35.0 Å². The average Bonchev–Trinajstić information content (AvgIpc) is 3.20. The maximum absolute atomic E-state index is 14.0. The number of unbranched alkanes of at least 4 members (excludes halogenated alkanes) is 4. The predicted molar refractivity (Wildman–Crippen MR) is 149 cm³/mol. The Labute approximate surface area is 231 Å². The number of hydrogen-bond donors (Lipinski definition) is 0. The Morgan fingerprint density at radius 3 is 2.15 bits per heavy atom. The molecule has 10 heteroatoms. The third-order valence-electron chi connectivity index (χ3n) is 6.99. The van der Waals surface area contributed by atoms with Crippen LogP contribution in [0.25, 0.3) is 0 Å². The second-order valence-electron chi connectivity index (χ2n) is 12.4. The minimum absolute atomic E-state index is 0.0504. The second-order valence-corrected chi connectivity index (χ2v) is 16.5. The number of halogens is 4. The Morgan fingerprint density at radius 1 is 1.00 bits per heavy atom. The minimum Gasteiger partial charge on any atom is -0.493 e. The van der Waals surface area contributed by atoms with Gasteiger partial charge in [-0.15, -0.1) is 0 Å². The average molecular weight is 580 g/mol. The maximum Gasteiger partial charge on any atom is 0.419 e. The van der Waals surface area contributed by atoms with Gasteiger partial charge in [0.05, 0.1) is 25.5 Å². The Kier molecular flexibility index (Phi) is 11.5. The van der Waals surface area contributed by atoms with Gasteiger partial charge in [0.1, 0.15) is 17.9 Å². The van der Waals surface area contributed by atoms with Crippen molar-refractivity contribution in [2.75, 3.05) is 26.5 Å². The molecule has 224 valence electrons. The first-order valence-electron chi connectivity index (χ1n) is 13.8. The van der Waals surface area contributed by atoms with Crippen LogP contribution in [-0.4, -0.2) is 48.2 Å². The quantitative estimate of drug-likeness (QED) is 0.125. The predicted octanol–water partition coefficient (Wildman–Crippen LogP) is 9.02. The van der Waals surface area contributed by atoms with Crippen molar-refractivity contribution in [1.29, 1.82) is 0 Å². The number of hydrogen-bond acceptors (Lipinski definition) is 5. The first-order chi connectivity index (χ1) is 17.9. The zero-order valence-electron chi connectivity index (χ0n) is 24.5. The van der Waals surface area contributed by atoms with Crippen LogP contribution < -0.4 is 4.74 Å². The fourth-order valence-corrected chi connectivity index (χ4v) is 8.09. The lowest BCUT2D eigenvalue weighted by atomic mass is 9.93. The van der Waals surface area contributed by atoms with Gasteiger partial charge in [-0.3, -0.25) is 8.96 Å². The van der Waals surface area contributed by atoms with Crippen LogP contribution in [-0.2, 0) is 26.4 Å². The van der Waals surface area contributed by atoms with Crippen molar-refractivity contribution in [3.05, 3.63) is 29.3 Å². The lowest BCUT2D eigenvalue weighted by Gasteiger charge is -2.41. The molecule has 0 fully saturated rings. The largest absolute Gasteiger partial charge is 0.493 e. The number of nitrogens with zero attached hydrogens (tertiary/aromatic N) is 1. The summed E-state index contributed by atoms with van der Waals surface area (Å²) in [6.07, 6.45) is -0.393. The molecule has 0 saturated carbocycles. The number of alkyl halides is 4. The molecule has 0 radical (unpaired) electrons. The van der Waals surface area contributed by atoms with Gasteiger partial charge in [-0.05, 0) is 43.4 Å². The van der Waals surface area contributed by atoms with Gasteiger partial charge in [0, 0.05) is 17.2 Å². The summed E-state index contributed by atoms with van der Waals surface area (Å²) >= 11 is 0. The van der Waals surface area contributed by atoms with E-state index in [0.717, 1.165) is 25.3 Å². The third kappa shape index (κ3) is 9.21. The van der Waals surface area contributed by atoms with Crippen molar-refractivity contribution in [2.45, 2.75) is 115 Å². The van der Waals surface area contributed by atoms with Crippen molar-refractivity contribution in [3.63, 3.8) is 0 Å². The van der Waals surface area contributed by atoms with E-state index in [-0.39, 0.29) is 32.2 Å². The summed E-state index contributed by atoms with van der Waals surface area (Å²) in [7, 11) is -3.16. The van der Waals surface area contributed by atoms with E-state index in [1.807, 2.05) is 41.5 Å². The van der Waals surface area contributed by atoms with E-state index in [2.05, 4.69) is 4.99 Å². The molecule has 1 aliphatic rings. The lowest BCUT2D eigenvalue weighted by Crippen LogP contribution is -2.38. The highest BCUT2D eigenvalue weighted by Crippen LogP contribution is 2.67. The monoisotopic (exact) mass is 579 g/mol. The fraction of sp³-hybridized carbons (Fsp3) is 0.759. The molecule has 1 atom stereocenters. The molecule has 0 saturated heterocycles. The van der Waals surface area contributed by atoms with Crippen LogP contribution in [0.15, 0.2) is 23.2 Å². The van der Waals surface area contributed by atoms with E-state index >= 15 is 0 Å². The summed E-state index contributed by atoms with van der Waals surface area (Å²) in [5.74, 6) is 0.284. The molecule has 1 heterocycles. The molecule has 0 bridgehead atoms. The molecule has 1 aromatic rings. The summed E-state index contributed by atoms with van der Waals surface area (Å²) in [5, 5.41) is -1.20. The van der Waals surface area contributed by atoms with Crippen LogP contribution in [0, 0.1) is 0 Å². The molecular formula is C29H46F4NO4P. The van der Waals surface area contributed by atoms with E-state index in [0.29, 0.717) is 37.1 Å². The fourth-order valence-electron chi connectivity index (χ4n) is 4.88. The van der Waals surface area contributed by atoms with Gasteiger partial charge in [-0.2, -0.15) is 13.2 Å². The Morgan fingerprint density at radius 2 is 1.62 bits per heavy atom. The summed E-state index contributed by atoms with van der Waals surface area (Å²) < 4.78 is 85.2. The second kappa shape index (κ2) is 13.4. The van der Waals surface area contributed by atoms with E-state index in [4.69, 9.17) is 14.0 Å². The number of benzene rings is 1. The van der Waals surface area contributed by atoms with Crippen LogP contribution >= 0.6 is 7.37 Å². The topological polar surface area (TPSA) is 57.1 Å². The number of aliphatic imine (C=N–C) groups is 1. The summed E-state index contributed by atoms with van der Waals surface area (Å²) in [6, 6.07) is 4.15. The number of rotatable bonds is 14. The first kappa shape index (κ1) is 33.6. The molecule has 1 aliphatic heterocycles. The lowest BCUT2D eigenvalue weighted by molar-refractivity contribution is -0.139. The third-order valence-corrected chi connectivity index (χ3v) is 11.0. The Hall–Kier alpha value is -1.60. The molecule has 1 aromatic carbocycles. The van der Waals surface area contributed by atoms with Gasteiger partial charge in [0.2, 0.25) is 7.37 Å². The van der Waals surface area contributed by atoms with E-state index in [1.165, 1.54) is 6.07 Å². The Balaban J connectivity index is 2.15. The molecule has 0 spiro atoms. The van der Waals surface area contributed by atoms with Crippen LogP contribution in [0.5, 0.6) is 5.75 Å². The molecule has 0 amide bonds. The van der Waals surface area contributed by atoms with Crippen LogP contribution in [0.3, 0.4) is 0 Å². The highest BCUT2D eigenvalue weighted by Gasteiger charge is 2.50. The van der Waals surface area contributed by atoms with E-state index in [1.54, 1.807) is 13.0 Å². The summed E-state index contributed by atoms with van der Waals surface area (Å²) in [5.41, 5.74) is -1.16. The first-order valence-corrected chi connectivity index (χ1v) is 15.4. The molecule has 0 aliphatic carbocycles. The molecular weight excluding hydrogens is 533 g/mol. The van der Waals surface area contributed by atoms with Gasteiger partial charge in [0.15, 0.2) is 5.90 Å². The standard InChI is InChI=1S/C29H46F4NO4P/c1-22-34-28(20-37-22,21-38-39(35,26(2,3)4)27(5,6)7)16-15-23-13-14-25(24(19-23)29(31,32)33)36-18-12-10-8-9-11-17-30/h13-14,19H,8-12,15-18,20-21H2,1-7H3. The van der Waals surface area contributed by atoms with Crippen molar-refractivity contribution in [3.8, 4) is 5.75 Å². The molecule has 2 rings (SSSR count). The zero-order chi connectivity index (χ0) is 29.5. The van der Waals surface area contributed by atoms with Crippen molar-refractivity contribution < 1.29 is 36.1 Å².